The van der Waals surface area contributed by atoms with Crippen molar-refractivity contribution in [2.24, 2.45) is 11.8 Å². The van der Waals surface area contributed by atoms with Crippen LogP contribution < -0.4 is 39.3 Å². The highest BCUT2D eigenvalue weighted by Crippen LogP contribution is 2.44. The highest BCUT2D eigenvalue weighted by atomic mass is 35.5. The van der Waals surface area contributed by atoms with E-state index in [1.807, 2.05) is 0 Å². The molecule has 2 saturated carbocycles. The summed E-state index contributed by atoms with van der Waals surface area (Å²) in [6, 6.07) is 17.5. The average molecular weight is 976 g/mol. The first-order chi connectivity index (χ1) is 32.9. The molecule has 0 bridgehead atoms. The molecule has 0 saturated heterocycles. The first-order valence-electron chi connectivity index (χ1n) is 21.7. The van der Waals surface area contributed by atoms with Crippen LogP contribution >= 0.6 is 23.2 Å². The molecule has 0 spiro atoms. The lowest BCUT2D eigenvalue weighted by Gasteiger charge is -2.33. The molecule has 2 aliphatic carbocycles. The van der Waals surface area contributed by atoms with Crippen molar-refractivity contribution in [3.8, 4) is 57.1 Å². The molecule has 2 heterocycles. The van der Waals surface area contributed by atoms with Gasteiger partial charge in [-0.25, -0.2) is 0 Å². The molecule has 0 N–H and O–H groups in total. The Balaban J connectivity index is 0.837. The number of ether oxygens (including phenoxy) is 10. The number of benzene rings is 4. The molecule has 0 radical (unpaired) electrons. The molecule has 0 unspecified atom stereocenters. The van der Waals surface area contributed by atoms with Gasteiger partial charge in [-0.1, -0.05) is 29.3 Å². The molecule has 8 rings (SSSR count). The number of rotatable bonds is 20. The lowest BCUT2D eigenvalue weighted by Crippen LogP contribution is -2.38. The number of carbonyl (C=O) groups excluding carboxylic acids is 2. The Kier molecular flexibility index (Phi) is 15.0. The second-order valence-electron chi connectivity index (χ2n) is 16.1. The van der Waals surface area contributed by atoms with E-state index < -0.39 is 5.97 Å². The Bertz CT molecular complexity index is 2950. The van der Waals surface area contributed by atoms with E-state index in [1.165, 1.54) is 47.7 Å². The van der Waals surface area contributed by atoms with Crippen LogP contribution in [0.5, 0.6) is 34.5 Å². The summed E-state index contributed by atoms with van der Waals surface area (Å²) < 4.78 is 68.8. The number of fused-ring (bicyclic) bond motifs is 2. The molecule has 16 nitrogen and oxygen atoms in total. The van der Waals surface area contributed by atoms with Gasteiger partial charge < -0.3 is 56.2 Å². The van der Waals surface area contributed by atoms with Crippen LogP contribution in [0.2, 0.25) is 10.0 Å². The zero-order valence-electron chi connectivity index (χ0n) is 37.8. The van der Waals surface area contributed by atoms with Gasteiger partial charge in [-0.2, -0.15) is 0 Å². The highest BCUT2D eigenvalue weighted by Gasteiger charge is 2.37. The quantitative estimate of drug-likeness (QED) is 0.0521. The van der Waals surface area contributed by atoms with Crippen LogP contribution in [0.25, 0.3) is 44.6 Å². The predicted molar refractivity (Wildman–Crippen MR) is 250 cm³/mol. The van der Waals surface area contributed by atoms with E-state index in [0.717, 1.165) is 0 Å². The fourth-order valence-corrected chi connectivity index (χ4v) is 8.59. The Hall–Kier alpha value is -6.46. The highest BCUT2D eigenvalue weighted by molar-refractivity contribution is 6.35. The molecular formula is C50H48Cl2O16. The summed E-state index contributed by atoms with van der Waals surface area (Å²) in [4.78, 5) is 51.2. The molecule has 4 aromatic carbocycles. The van der Waals surface area contributed by atoms with Gasteiger partial charge in [-0.15, -0.1) is 0 Å². The van der Waals surface area contributed by atoms with Gasteiger partial charge in [-0.3, -0.25) is 19.2 Å². The zero-order valence-corrected chi connectivity index (χ0v) is 39.3. The fraction of sp³-hybridized carbons (Fsp3) is 0.360. The van der Waals surface area contributed by atoms with Gasteiger partial charge in [0.05, 0.1) is 93.6 Å². The average Bonchev–Trinajstić information content (AvgIpc) is 3.31. The van der Waals surface area contributed by atoms with Crippen molar-refractivity contribution in [3.05, 3.63) is 103 Å². The molecule has 18 heteroatoms. The summed E-state index contributed by atoms with van der Waals surface area (Å²) in [5.41, 5.74) is 1.28. The minimum atomic E-state index is -0.400. The smallest absolute Gasteiger partial charge is 0.309 e. The van der Waals surface area contributed by atoms with Crippen molar-refractivity contribution in [1.82, 2.24) is 0 Å². The van der Waals surface area contributed by atoms with Gasteiger partial charge >= 0.3 is 11.9 Å². The molecule has 358 valence electrons. The maximum absolute atomic E-state index is 13.5. The van der Waals surface area contributed by atoms with Crippen molar-refractivity contribution >= 4 is 57.1 Å². The second-order valence-corrected chi connectivity index (χ2v) is 16.9. The molecule has 2 fully saturated rings. The number of hydrogen-bond donors (Lipinski definition) is 0. The van der Waals surface area contributed by atoms with Crippen molar-refractivity contribution in [1.29, 1.82) is 0 Å². The minimum absolute atomic E-state index is 0.0567. The van der Waals surface area contributed by atoms with E-state index in [2.05, 4.69) is 0 Å². The third-order valence-corrected chi connectivity index (χ3v) is 12.4. The Morgan fingerprint density at radius 1 is 0.574 bits per heavy atom. The van der Waals surface area contributed by atoms with Crippen LogP contribution in [-0.2, 0) is 35.1 Å². The van der Waals surface area contributed by atoms with Crippen LogP contribution in [0, 0.1) is 11.8 Å². The number of para-hydroxylation sites is 1. The first kappa shape index (κ1) is 48.0. The van der Waals surface area contributed by atoms with Crippen molar-refractivity contribution < 1.29 is 65.8 Å². The molecule has 2 aromatic heterocycles. The van der Waals surface area contributed by atoms with Crippen molar-refractivity contribution in [3.63, 3.8) is 0 Å². The molecule has 0 atom stereocenters. The van der Waals surface area contributed by atoms with Gasteiger partial charge in [0.2, 0.25) is 11.5 Å². The Morgan fingerprint density at radius 2 is 1.07 bits per heavy atom. The number of halogens is 2. The van der Waals surface area contributed by atoms with E-state index in [4.69, 9.17) is 79.4 Å². The molecular weight excluding hydrogens is 927 g/mol. The minimum Gasteiger partial charge on any atom is -0.493 e. The maximum atomic E-state index is 13.5. The van der Waals surface area contributed by atoms with Crippen LogP contribution in [0.4, 0.5) is 0 Å². The number of hydrogen-bond acceptors (Lipinski definition) is 16. The summed E-state index contributed by atoms with van der Waals surface area (Å²) in [5.74, 6) is 1.38. The third kappa shape index (κ3) is 10.3. The Morgan fingerprint density at radius 3 is 1.59 bits per heavy atom. The van der Waals surface area contributed by atoms with Gasteiger partial charge in [0.15, 0.2) is 45.0 Å². The van der Waals surface area contributed by atoms with Gasteiger partial charge in [0, 0.05) is 23.3 Å². The van der Waals surface area contributed by atoms with Gasteiger partial charge in [0.1, 0.15) is 31.3 Å². The second kappa shape index (κ2) is 21.2. The molecule has 68 heavy (non-hydrogen) atoms. The summed E-state index contributed by atoms with van der Waals surface area (Å²) in [6.45, 7) is 0.677. The third-order valence-electron chi connectivity index (χ3n) is 11.8. The SMILES string of the molecule is COC(=O)C1CC(OCCOc2cc(-c3cc(=O)c4cc(COC(=O)C5CC(OCCOc6cc(-c7cc(=O)c8cccc(Cl)c8o7)cc(OC)c6OC)C5)cc(Cl)c4o3)cc(OC)c2OC)C1. The monoisotopic (exact) mass is 974 g/mol. The summed E-state index contributed by atoms with van der Waals surface area (Å²) in [5, 5.41) is 1.03. The lowest BCUT2D eigenvalue weighted by atomic mass is 9.82. The van der Waals surface area contributed by atoms with E-state index in [9.17, 15) is 19.2 Å². The van der Waals surface area contributed by atoms with Crippen LogP contribution in [0.1, 0.15) is 31.2 Å². The summed E-state index contributed by atoms with van der Waals surface area (Å²) in [6.07, 6.45) is 1.85. The standard InChI is InChI=1S/C50H48Cl2O16/c1-57-41-19-27(39-23-37(53)33-7-6-8-35(51)45(33)67-39)21-43(47(41)59-3)65-12-10-63-32-17-30(18-32)50(56)66-25-26-13-34-38(54)24-40(68-46(34)36(52)14-26)28-20-42(58-2)48(60-4)44(22-28)64-11-9-62-31-15-29(16-31)49(55)61-5/h6-8,13-14,19-24,29-32H,9-12,15-18,25H2,1-5H3. The molecule has 0 amide bonds. The van der Waals surface area contributed by atoms with E-state index in [1.54, 1.807) is 54.6 Å². The van der Waals surface area contributed by atoms with Crippen molar-refractivity contribution in [2.45, 2.75) is 44.5 Å². The van der Waals surface area contributed by atoms with Gasteiger partial charge in [-0.05, 0) is 79.8 Å². The fourth-order valence-electron chi connectivity index (χ4n) is 8.10. The molecule has 2 aliphatic rings. The number of methoxy groups -OCH3 is 5. The van der Waals surface area contributed by atoms with E-state index in [0.29, 0.717) is 87.3 Å². The lowest BCUT2D eigenvalue weighted by molar-refractivity contribution is -0.159. The predicted octanol–water partition coefficient (Wildman–Crippen LogP) is 8.84. The molecule has 6 aromatic rings. The summed E-state index contributed by atoms with van der Waals surface area (Å²) >= 11 is 13.0. The zero-order chi connectivity index (χ0) is 48.1. The van der Waals surface area contributed by atoms with Crippen LogP contribution in [-0.4, -0.2) is 86.1 Å². The normalized spacial score (nSPS) is 17.5. The van der Waals surface area contributed by atoms with E-state index in [-0.39, 0.29) is 107 Å². The summed E-state index contributed by atoms with van der Waals surface area (Å²) in [7, 11) is 7.31. The Labute approximate surface area is 399 Å². The topological polar surface area (TPSA) is 187 Å². The van der Waals surface area contributed by atoms with Gasteiger partial charge in [0.25, 0.3) is 0 Å². The van der Waals surface area contributed by atoms with Crippen LogP contribution in [0.3, 0.4) is 0 Å². The van der Waals surface area contributed by atoms with Crippen molar-refractivity contribution in [2.75, 3.05) is 62.0 Å². The maximum Gasteiger partial charge on any atom is 0.309 e. The first-order valence-corrected chi connectivity index (χ1v) is 22.4. The van der Waals surface area contributed by atoms with E-state index >= 15 is 0 Å². The molecule has 0 aliphatic heterocycles. The number of esters is 2. The number of carbonyl (C=O) groups is 2. The largest absolute Gasteiger partial charge is 0.493 e. The van der Waals surface area contributed by atoms with Crippen LogP contribution in [0.15, 0.2) is 85.2 Å².